The maximum absolute atomic E-state index is 13.2. The van der Waals surface area contributed by atoms with Gasteiger partial charge in [0.25, 0.3) is 0 Å². The van der Waals surface area contributed by atoms with Gasteiger partial charge in [0.2, 0.25) is 5.82 Å². The van der Waals surface area contributed by atoms with E-state index < -0.39 is 27.4 Å². The molecule has 2 aliphatic rings. The van der Waals surface area contributed by atoms with E-state index in [2.05, 4.69) is 14.9 Å². The van der Waals surface area contributed by atoms with Gasteiger partial charge in [-0.1, -0.05) is 19.1 Å². The Morgan fingerprint density at radius 1 is 1.17 bits per heavy atom. The van der Waals surface area contributed by atoms with Crippen LogP contribution in [0.15, 0.2) is 47.6 Å². The lowest BCUT2D eigenvalue weighted by Gasteiger charge is -2.47. The number of ether oxygens (including phenoxy) is 1. The number of ketones is 1. The van der Waals surface area contributed by atoms with Crippen molar-refractivity contribution in [2.24, 2.45) is 0 Å². The summed E-state index contributed by atoms with van der Waals surface area (Å²) in [5.74, 6) is -1.05. The van der Waals surface area contributed by atoms with Gasteiger partial charge < -0.3 is 4.74 Å². The number of aromatic nitrogens is 2. The maximum atomic E-state index is 13.2. The summed E-state index contributed by atoms with van der Waals surface area (Å²) >= 11 is 1.51. The van der Waals surface area contributed by atoms with Gasteiger partial charge in [-0.25, -0.2) is 18.4 Å². The molecular formula is C30H34F3N3O4S2. The summed E-state index contributed by atoms with van der Waals surface area (Å²) in [4.78, 5) is 24.6. The fourth-order valence-corrected chi connectivity index (χ4v) is 8.07. The number of hydrogen-bond acceptors (Lipinski definition) is 8. The normalized spacial score (nSPS) is 19.9. The maximum Gasteiger partial charge on any atom is 0.451 e. The third-order valence-electron chi connectivity index (χ3n) is 8.30. The number of alkyl halides is 3. The Kier molecular flexibility index (Phi) is 8.63. The van der Waals surface area contributed by atoms with Crippen LogP contribution in [0.1, 0.15) is 83.1 Å². The fourth-order valence-electron chi connectivity index (χ4n) is 5.83. The second-order valence-electron chi connectivity index (χ2n) is 11.1. The second kappa shape index (κ2) is 11.8. The molecule has 1 spiro atoms. The molecule has 226 valence electrons. The zero-order valence-corrected chi connectivity index (χ0v) is 25.4. The van der Waals surface area contributed by atoms with Crippen LogP contribution in [0.5, 0.6) is 0 Å². The highest BCUT2D eigenvalue weighted by atomic mass is 32.2. The number of nitrogens with zero attached hydrogens (tertiary/aromatic N) is 3. The Balaban J connectivity index is 1.25. The molecule has 2 atom stereocenters. The molecule has 0 amide bonds. The summed E-state index contributed by atoms with van der Waals surface area (Å²) in [5, 5.41) is 0. The number of sulfone groups is 1. The fraction of sp³-hybridized carbons (Fsp3) is 0.500. The minimum Gasteiger partial charge on any atom is -0.366 e. The first-order chi connectivity index (χ1) is 19.8. The number of thiophene rings is 1. The van der Waals surface area contributed by atoms with Gasteiger partial charge in [0.1, 0.15) is 5.60 Å². The van der Waals surface area contributed by atoms with E-state index >= 15 is 0 Å². The Hall–Kier alpha value is -2.67. The van der Waals surface area contributed by atoms with Crippen LogP contribution in [0.2, 0.25) is 0 Å². The van der Waals surface area contributed by atoms with Gasteiger partial charge in [-0.15, -0.1) is 11.3 Å². The van der Waals surface area contributed by atoms with Crippen molar-refractivity contribution >= 4 is 27.0 Å². The van der Waals surface area contributed by atoms with Gasteiger partial charge in [-0.2, -0.15) is 13.2 Å². The van der Waals surface area contributed by atoms with Crippen molar-refractivity contribution in [1.29, 1.82) is 0 Å². The SMILES string of the molecule is CCS(=O)(=O)c1ccc(CCC(=O)c2cc3c(s2)C2(CCN([C@H](C)c4cnc(C(F)(F)F)nc4)CC2)O[C@@H](C)C3)cc1. The zero-order valence-electron chi connectivity index (χ0n) is 23.8. The molecule has 2 aliphatic heterocycles. The second-order valence-corrected chi connectivity index (χ2v) is 14.4. The standard InChI is InChI=1S/C30H34F3N3O4S2/c1-4-42(38,39)24-8-5-21(6-9-24)7-10-25(37)26-16-22-15-19(2)40-29(27(22)41-26)11-13-36(14-12-29)20(3)23-17-34-28(35-18-23)30(31,32)33/h5-6,8-9,16-20H,4,7,10-15H2,1-3H3/t19-,20+/m0/s1. The van der Waals surface area contributed by atoms with Crippen molar-refractivity contribution < 1.29 is 31.1 Å². The molecule has 0 unspecified atom stereocenters. The van der Waals surface area contributed by atoms with E-state index in [1.54, 1.807) is 31.2 Å². The van der Waals surface area contributed by atoms with Crippen molar-refractivity contribution in [2.45, 2.75) is 81.7 Å². The van der Waals surface area contributed by atoms with Crippen LogP contribution in [0, 0.1) is 0 Å². The Morgan fingerprint density at radius 3 is 2.40 bits per heavy atom. The zero-order chi connectivity index (χ0) is 30.3. The highest BCUT2D eigenvalue weighted by Gasteiger charge is 2.45. The summed E-state index contributed by atoms with van der Waals surface area (Å²) in [6.07, 6.45) is 0.918. The monoisotopic (exact) mass is 621 g/mol. The number of hydrogen-bond donors (Lipinski definition) is 0. The Bertz CT molecular complexity index is 1530. The number of likely N-dealkylation sites (tertiary alicyclic amines) is 1. The highest BCUT2D eigenvalue weighted by Crippen LogP contribution is 2.48. The van der Waals surface area contributed by atoms with Crippen molar-refractivity contribution in [3.8, 4) is 0 Å². The Morgan fingerprint density at radius 2 is 1.81 bits per heavy atom. The third-order valence-corrected chi connectivity index (χ3v) is 11.5. The number of carbonyl (C=O) groups is 1. The van der Waals surface area contributed by atoms with Crippen molar-refractivity contribution in [3.63, 3.8) is 0 Å². The first kappa shape index (κ1) is 30.8. The summed E-state index contributed by atoms with van der Waals surface area (Å²) in [6, 6.07) is 8.60. The van der Waals surface area contributed by atoms with Crippen LogP contribution in [0.25, 0.3) is 0 Å². The predicted octanol–water partition coefficient (Wildman–Crippen LogP) is 6.18. The van der Waals surface area contributed by atoms with Crippen molar-refractivity contribution in [2.75, 3.05) is 18.8 Å². The average molecular weight is 622 g/mol. The van der Waals surface area contributed by atoms with Crippen LogP contribution >= 0.6 is 11.3 Å². The van der Waals surface area contributed by atoms with E-state index in [1.165, 1.54) is 23.7 Å². The van der Waals surface area contributed by atoms with Crippen LogP contribution < -0.4 is 0 Å². The van der Waals surface area contributed by atoms with E-state index in [4.69, 9.17) is 4.74 Å². The molecule has 7 nitrogen and oxygen atoms in total. The van der Waals surface area contributed by atoms with E-state index in [0.717, 1.165) is 22.4 Å². The number of halogens is 3. The Labute approximate surface area is 248 Å². The number of Topliss-reactive ketones (excluding diaryl/α,β-unsaturated/α-hetero) is 1. The molecule has 4 heterocycles. The number of fused-ring (bicyclic) bond motifs is 2. The van der Waals surface area contributed by atoms with Gasteiger partial charge in [0, 0.05) is 48.4 Å². The molecule has 1 aromatic carbocycles. The predicted molar refractivity (Wildman–Crippen MR) is 153 cm³/mol. The van der Waals surface area contributed by atoms with Gasteiger partial charge in [-0.3, -0.25) is 9.69 Å². The number of piperidine rings is 1. The molecule has 5 rings (SSSR count). The number of rotatable bonds is 8. The molecule has 0 aliphatic carbocycles. The lowest BCUT2D eigenvalue weighted by molar-refractivity contribution is -0.145. The number of aryl methyl sites for hydroxylation is 1. The molecule has 0 N–H and O–H groups in total. The van der Waals surface area contributed by atoms with Crippen molar-refractivity contribution in [1.82, 2.24) is 14.9 Å². The minimum atomic E-state index is -4.57. The molecule has 3 aromatic rings. The summed E-state index contributed by atoms with van der Waals surface area (Å²) in [5.41, 5.74) is 2.19. The van der Waals surface area contributed by atoms with Gasteiger partial charge in [0.15, 0.2) is 15.6 Å². The molecule has 0 radical (unpaired) electrons. The van der Waals surface area contributed by atoms with Gasteiger partial charge in [0.05, 0.1) is 21.6 Å². The molecule has 0 bridgehead atoms. The van der Waals surface area contributed by atoms with Crippen molar-refractivity contribution in [3.05, 3.63) is 75.0 Å². The largest absolute Gasteiger partial charge is 0.451 e. The smallest absolute Gasteiger partial charge is 0.366 e. The number of carbonyl (C=O) groups excluding carboxylic acids is 1. The first-order valence-electron chi connectivity index (χ1n) is 14.1. The number of benzene rings is 1. The molecule has 42 heavy (non-hydrogen) atoms. The molecule has 0 saturated carbocycles. The molecule has 1 saturated heterocycles. The molecule has 2 aromatic heterocycles. The molecule has 1 fully saturated rings. The third kappa shape index (κ3) is 6.31. The molecule has 12 heteroatoms. The first-order valence-corrected chi connectivity index (χ1v) is 16.6. The lowest BCUT2D eigenvalue weighted by Crippen LogP contribution is -2.48. The van der Waals surface area contributed by atoms with E-state index in [1.807, 2.05) is 19.9 Å². The quantitative estimate of drug-likeness (QED) is 0.278. The van der Waals surface area contributed by atoms with E-state index in [-0.39, 0.29) is 23.7 Å². The summed E-state index contributed by atoms with van der Waals surface area (Å²) < 4.78 is 69.3. The summed E-state index contributed by atoms with van der Waals surface area (Å²) in [7, 11) is -3.26. The van der Waals surface area contributed by atoms with Gasteiger partial charge in [-0.05, 0) is 68.9 Å². The van der Waals surface area contributed by atoms with Crippen LogP contribution in [-0.2, 0) is 39.2 Å². The van der Waals surface area contributed by atoms with Crippen LogP contribution in [0.4, 0.5) is 13.2 Å². The summed E-state index contributed by atoms with van der Waals surface area (Å²) in [6.45, 7) is 6.96. The van der Waals surface area contributed by atoms with E-state index in [0.29, 0.717) is 54.1 Å². The van der Waals surface area contributed by atoms with Gasteiger partial charge >= 0.3 is 6.18 Å². The lowest BCUT2D eigenvalue weighted by atomic mass is 9.83. The van der Waals surface area contributed by atoms with Crippen LogP contribution in [-0.4, -0.2) is 54.0 Å². The molecular weight excluding hydrogens is 587 g/mol. The minimum absolute atomic E-state index is 0.000234. The highest BCUT2D eigenvalue weighted by molar-refractivity contribution is 7.91. The topological polar surface area (TPSA) is 89.5 Å². The average Bonchev–Trinajstić information content (AvgIpc) is 3.41. The van der Waals surface area contributed by atoms with Crippen LogP contribution in [0.3, 0.4) is 0 Å². The van der Waals surface area contributed by atoms with E-state index in [9.17, 15) is 26.4 Å².